The van der Waals surface area contributed by atoms with Crippen molar-refractivity contribution in [3.05, 3.63) is 83.9 Å². The molecule has 3 aromatic rings. The molecule has 0 aliphatic heterocycles. The van der Waals surface area contributed by atoms with Crippen LogP contribution in [0.15, 0.2) is 77.7 Å². The standard InChI is InChI=1S/C24H23NO7S/c1-4-25(19-10-6-5-7-11-19)33(28,29)20-12-8-9-17(15-20)24(27)32-21-14-13-18(23(26)31-3)16-22(21)30-2/h5-16H,4H2,1-3H3. The lowest BCUT2D eigenvalue weighted by Crippen LogP contribution is -2.30. The fourth-order valence-corrected chi connectivity index (χ4v) is 4.67. The quantitative estimate of drug-likeness (QED) is 0.364. The van der Waals surface area contributed by atoms with Crippen LogP contribution < -0.4 is 13.8 Å². The van der Waals surface area contributed by atoms with Gasteiger partial charge in [0.05, 0.1) is 35.9 Å². The van der Waals surface area contributed by atoms with Gasteiger partial charge < -0.3 is 14.2 Å². The molecule has 3 aromatic carbocycles. The second-order valence-electron chi connectivity index (χ2n) is 6.78. The summed E-state index contributed by atoms with van der Waals surface area (Å²) in [5.74, 6) is -1.12. The fourth-order valence-electron chi connectivity index (χ4n) is 3.15. The molecule has 0 heterocycles. The highest BCUT2D eigenvalue weighted by molar-refractivity contribution is 7.92. The largest absolute Gasteiger partial charge is 0.493 e. The lowest BCUT2D eigenvalue weighted by atomic mass is 10.2. The van der Waals surface area contributed by atoms with Gasteiger partial charge in [-0.1, -0.05) is 24.3 Å². The minimum Gasteiger partial charge on any atom is -0.493 e. The maximum absolute atomic E-state index is 13.2. The number of sulfonamides is 1. The van der Waals surface area contributed by atoms with Crippen LogP contribution in [0.1, 0.15) is 27.6 Å². The molecule has 172 valence electrons. The van der Waals surface area contributed by atoms with Crippen molar-refractivity contribution in [3.63, 3.8) is 0 Å². The predicted octanol–water partition coefficient (Wildman–Crippen LogP) is 3.92. The van der Waals surface area contributed by atoms with Gasteiger partial charge in [-0.15, -0.1) is 0 Å². The highest BCUT2D eigenvalue weighted by atomic mass is 32.2. The van der Waals surface area contributed by atoms with Crippen LogP contribution in [0.3, 0.4) is 0 Å². The highest BCUT2D eigenvalue weighted by Gasteiger charge is 2.25. The number of carbonyl (C=O) groups is 2. The highest BCUT2D eigenvalue weighted by Crippen LogP contribution is 2.30. The SMILES string of the molecule is CCN(c1ccccc1)S(=O)(=O)c1cccc(C(=O)Oc2ccc(C(=O)OC)cc2OC)c1. The molecule has 0 aliphatic rings. The summed E-state index contributed by atoms with van der Waals surface area (Å²) in [6, 6.07) is 18.5. The Bertz CT molecular complexity index is 1260. The Morgan fingerprint density at radius 1 is 0.818 bits per heavy atom. The normalized spacial score (nSPS) is 10.9. The van der Waals surface area contributed by atoms with E-state index in [1.807, 2.05) is 0 Å². The van der Waals surface area contributed by atoms with Gasteiger partial charge in [0.2, 0.25) is 0 Å². The van der Waals surface area contributed by atoms with Crippen molar-refractivity contribution < 1.29 is 32.2 Å². The Labute approximate surface area is 192 Å². The van der Waals surface area contributed by atoms with E-state index in [1.54, 1.807) is 37.3 Å². The molecule has 0 fully saturated rings. The van der Waals surface area contributed by atoms with Crippen molar-refractivity contribution >= 4 is 27.6 Å². The third-order valence-corrected chi connectivity index (χ3v) is 6.68. The van der Waals surface area contributed by atoms with Gasteiger partial charge in [-0.2, -0.15) is 0 Å². The predicted molar refractivity (Wildman–Crippen MR) is 122 cm³/mol. The van der Waals surface area contributed by atoms with Crippen LogP contribution in [-0.4, -0.2) is 41.1 Å². The van der Waals surface area contributed by atoms with Crippen LogP contribution in [0.5, 0.6) is 11.5 Å². The number of nitrogens with zero attached hydrogens (tertiary/aromatic N) is 1. The number of ether oxygens (including phenoxy) is 3. The number of methoxy groups -OCH3 is 2. The van der Waals surface area contributed by atoms with Crippen molar-refractivity contribution in [2.24, 2.45) is 0 Å². The zero-order valence-electron chi connectivity index (χ0n) is 18.3. The van der Waals surface area contributed by atoms with E-state index in [2.05, 4.69) is 4.74 Å². The van der Waals surface area contributed by atoms with Gasteiger partial charge in [0.25, 0.3) is 10.0 Å². The summed E-state index contributed by atoms with van der Waals surface area (Å²) in [6.45, 7) is 1.94. The summed E-state index contributed by atoms with van der Waals surface area (Å²) >= 11 is 0. The van der Waals surface area contributed by atoms with E-state index in [0.29, 0.717) is 5.69 Å². The Morgan fingerprint density at radius 3 is 2.15 bits per heavy atom. The average molecular weight is 470 g/mol. The van der Waals surface area contributed by atoms with E-state index in [1.165, 1.54) is 61.0 Å². The first kappa shape index (κ1) is 23.8. The zero-order valence-corrected chi connectivity index (χ0v) is 19.2. The van der Waals surface area contributed by atoms with Crippen LogP contribution in [0.4, 0.5) is 5.69 Å². The van der Waals surface area contributed by atoms with Gasteiger partial charge in [-0.25, -0.2) is 18.0 Å². The maximum Gasteiger partial charge on any atom is 0.343 e. The molecular weight excluding hydrogens is 446 g/mol. The van der Waals surface area contributed by atoms with E-state index in [0.717, 1.165) is 0 Å². The third-order valence-electron chi connectivity index (χ3n) is 4.78. The number of hydrogen-bond acceptors (Lipinski definition) is 7. The molecule has 8 nitrogen and oxygen atoms in total. The Morgan fingerprint density at radius 2 is 1.52 bits per heavy atom. The molecule has 0 aliphatic carbocycles. The van der Waals surface area contributed by atoms with Crippen molar-refractivity contribution in [1.29, 1.82) is 0 Å². The molecular formula is C24H23NO7S. The number of hydrogen-bond donors (Lipinski definition) is 0. The van der Waals surface area contributed by atoms with Crippen LogP contribution >= 0.6 is 0 Å². The number of anilines is 1. The summed E-state index contributed by atoms with van der Waals surface area (Å²) in [4.78, 5) is 24.4. The second kappa shape index (κ2) is 10.2. The monoisotopic (exact) mass is 469 g/mol. The number of benzene rings is 3. The van der Waals surface area contributed by atoms with Gasteiger partial charge in [0, 0.05) is 6.54 Å². The van der Waals surface area contributed by atoms with Gasteiger partial charge in [0.1, 0.15) is 0 Å². The van der Waals surface area contributed by atoms with E-state index < -0.39 is 22.0 Å². The first-order valence-electron chi connectivity index (χ1n) is 9.98. The molecule has 3 rings (SSSR count). The van der Waals surface area contributed by atoms with E-state index in [4.69, 9.17) is 9.47 Å². The van der Waals surface area contributed by atoms with Crippen LogP contribution in [-0.2, 0) is 14.8 Å². The van der Waals surface area contributed by atoms with Gasteiger partial charge in [-0.05, 0) is 55.5 Å². The molecule has 0 spiro atoms. The Kier molecular flexibility index (Phi) is 7.34. The molecule has 0 unspecified atom stereocenters. The topological polar surface area (TPSA) is 99.2 Å². The van der Waals surface area contributed by atoms with Crippen molar-refractivity contribution in [1.82, 2.24) is 0 Å². The first-order valence-corrected chi connectivity index (χ1v) is 11.4. The number of para-hydroxylation sites is 1. The van der Waals surface area contributed by atoms with Crippen LogP contribution in [0.25, 0.3) is 0 Å². The number of rotatable bonds is 8. The summed E-state index contributed by atoms with van der Waals surface area (Å²) in [5, 5.41) is 0. The van der Waals surface area contributed by atoms with E-state index in [-0.39, 0.29) is 34.1 Å². The van der Waals surface area contributed by atoms with Crippen molar-refractivity contribution in [2.45, 2.75) is 11.8 Å². The van der Waals surface area contributed by atoms with E-state index in [9.17, 15) is 18.0 Å². The van der Waals surface area contributed by atoms with Crippen LogP contribution in [0, 0.1) is 0 Å². The molecule has 0 aromatic heterocycles. The first-order chi connectivity index (χ1) is 15.8. The summed E-state index contributed by atoms with van der Waals surface area (Å²) in [6.07, 6.45) is 0. The van der Waals surface area contributed by atoms with Gasteiger partial charge in [0.15, 0.2) is 11.5 Å². The summed E-state index contributed by atoms with van der Waals surface area (Å²) in [5.41, 5.74) is 0.783. The van der Waals surface area contributed by atoms with Gasteiger partial charge >= 0.3 is 11.9 Å². The minimum absolute atomic E-state index is 0.0410. The maximum atomic E-state index is 13.2. The summed E-state index contributed by atoms with van der Waals surface area (Å²) < 4.78 is 43.0. The molecule has 0 atom stereocenters. The fraction of sp³-hybridized carbons (Fsp3) is 0.167. The van der Waals surface area contributed by atoms with Gasteiger partial charge in [-0.3, -0.25) is 4.31 Å². The van der Waals surface area contributed by atoms with Crippen molar-refractivity contribution in [3.8, 4) is 11.5 Å². The smallest absolute Gasteiger partial charge is 0.343 e. The molecule has 0 N–H and O–H groups in total. The number of carbonyl (C=O) groups excluding carboxylic acids is 2. The zero-order chi connectivity index (χ0) is 24.0. The second-order valence-corrected chi connectivity index (χ2v) is 8.64. The molecule has 0 saturated heterocycles. The van der Waals surface area contributed by atoms with Crippen LogP contribution in [0.2, 0.25) is 0 Å². The minimum atomic E-state index is -3.91. The molecule has 0 amide bonds. The average Bonchev–Trinajstić information content (AvgIpc) is 2.84. The molecule has 0 bridgehead atoms. The lowest BCUT2D eigenvalue weighted by Gasteiger charge is -2.23. The number of esters is 2. The molecule has 0 radical (unpaired) electrons. The molecule has 0 saturated carbocycles. The Hall–Kier alpha value is -3.85. The summed E-state index contributed by atoms with van der Waals surface area (Å²) in [7, 11) is -1.30. The lowest BCUT2D eigenvalue weighted by molar-refractivity contribution is 0.0600. The molecule has 33 heavy (non-hydrogen) atoms. The Balaban J connectivity index is 1.89. The third kappa shape index (κ3) is 5.15. The van der Waals surface area contributed by atoms with E-state index >= 15 is 0 Å². The van der Waals surface area contributed by atoms with Crippen molar-refractivity contribution in [2.75, 3.05) is 25.1 Å². The molecule has 9 heteroatoms.